The van der Waals surface area contributed by atoms with Crippen molar-refractivity contribution in [1.82, 2.24) is 0 Å². The molecule has 1 fully saturated rings. The molecule has 0 saturated carbocycles. The van der Waals surface area contributed by atoms with E-state index in [1.807, 2.05) is 0 Å². The summed E-state index contributed by atoms with van der Waals surface area (Å²) in [6.45, 7) is -0.726. The van der Waals surface area contributed by atoms with E-state index in [9.17, 15) is 23.7 Å². The summed E-state index contributed by atoms with van der Waals surface area (Å²) in [6.07, 6.45) is -8.46. The highest BCUT2D eigenvalue weighted by Gasteiger charge is 2.45. The van der Waals surface area contributed by atoms with Gasteiger partial charge in [-0.05, 0) is 0 Å². The highest BCUT2D eigenvalue weighted by molar-refractivity contribution is 7.80. The summed E-state index contributed by atoms with van der Waals surface area (Å²) in [5.74, 6) is 0. The van der Waals surface area contributed by atoms with E-state index in [1.54, 1.807) is 0 Å². The minimum atomic E-state index is -4.89. The number of ether oxygens (including phenoxy) is 1. The van der Waals surface area contributed by atoms with Gasteiger partial charge in [-0.1, -0.05) is 0 Å². The van der Waals surface area contributed by atoms with Crippen LogP contribution in [-0.4, -0.2) is 70.7 Å². The second-order valence-electron chi connectivity index (χ2n) is 3.22. The molecular weight excluding hydrogens is 248 g/mol. The fraction of sp³-hybridized carbons (Fsp3) is 1.00. The predicted molar refractivity (Wildman–Crippen MR) is 46.4 cm³/mol. The molecule has 1 aliphatic rings. The fourth-order valence-electron chi connectivity index (χ4n) is 1.27. The third-order valence-corrected chi connectivity index (χ3v) is 2.50. The zero-order valence-electron chi connectivity index (χ0n) is 7.87. The summed E-state index contributed by atoms with van der Waals surface area (Å²) in [5, 5.41) is 36.5. The zero-order valence-corrected chi connectivity index (χ0v) is 8.69. The van der Waals surface area contributed by atoms with Gasteiger partial charge in [-0.25, -0.2) is 4.18 Å². The predicted octanol–water partition coefficient (Wildman–Crippen LogP) is -3.39. The molecule has 0 aromatic rings. The van der Waals surface area contributed by atoms with E-state index in [0.29, 0.717) is 0 Å². The summed E-state index contributed by atoms with van der Waals surface area (Å²) < 4.78 is 37.6. The molecule has 5 atom stereocenters. The van der Waals surface area contributed by atoms with Crippen LogP contribution in [-0.2, 0) is 19.3 Å². The highest BCUT2D eigenvalue weighted by atomic mass is 32.3. The molecule has 10 heteroatoms. The van der Waals surface area contributed by atoms with Gasteiger partial charge in [-0.3, -0.25) is 4.55 Å². The van der Waals surface area contributed by atoms with Crippen molar-refractivity contribution in [3.8, 4) is 0 Å². The topological polar surface area (TPSA) is 154 Å². The van der Waals surface area contributed by atoms with E-state index in [4.69, 9.17) is 9.66 Å². The fourth-order valence-corrected chi connectivity index (χ4v) is 1.67. The van der Waals surface area contributed by atoms with Gasteiger partial charge < -0.3 is 25.2 Å². The van der Waals surface area contributed by atoms with Crippen LogP contribution >= 0.6 is 0 Å². The van der Waals surface area contributed by atoms with E-state index in [2.05, 4.69) is 8.92 Å². The molecule has 0 aromatic heterocycles. The maximum atomic E-state index is 10.4. The quantitative estimate of drug-likeness (QED) is 0.327. The molecule has 96 valence electrons. The van der Waals surface area contributed by atoms with Crippen molar-refractivity contribution >= 4 is 10.4 Å². The number of aliphatic hydroxyl groups excluding tert-OH is 4. The van der Waals surface area contributed by atoms with Gasteiger partial charge in [0.2, 0.25) is 6.29 Å². The lowest BCUT2D eigenvalue weighted by Gasteiger charge is -2.38. The Morgan fingerprint density at radius 2 is 1.69 bits per heavy atom. The van der Waals surface area contributed by atoms with E-state index in [1.165, 1.54) is 0 Å². The van der Waals surface area contributed by atoms with Crippen LogP contribution in [0.1, 0.15) is 0 Å². The lowest BCUT2D eigenvalue weighted by molar-refractivity contribution is -0.277. The first-order valence-corrected chi connectivity index (χ1v) is 5.59. The standard InChI is InChI=1S/C6H12O9S/c7-1-2-3(8)4(9)5(10)6(14-2)15-16(11,12)13/h2-10H,1H2,(H,11,12,13)/t2-,3+,4+,5-,6?/m1/s1. The minimum Gasteiger partial charge on any atom is -0.394 e. The Morgan fingerprint density at radius 1 is 1.12 bits per heavy atom. The Balaban J connectivity index is 2.79. The van der Waals surface area contributed by atoms with Crippen molar-refractivity contribution in [2.24, 2.45) is 0 Å². The van der Waals surface area contributed by atoms with Crippen LogP contribution in [0.25, 0.3) is 0 Å². The van der Waals surface area contributed by atoms with Crippen LogP contribution in [0.2, 0.25) is 0 Å². The van der Waals surface area contributed by atoms with Gasteiger partial charge in [-0.15, -0.1) is 0 Å². The van der Waals surface area contributed by atoms with Crippen molar-refractivity contribution in [3.05, 3.63) is 0 Å². The summed E-state index contributed by atoms with van der Waals surface area (Å²) in [6, 6.07) is 0. The van der Waals surface area contributed by atoms with Crippen LogP contribution in [0.15, 0.2) is 0 Å². The number of hydrogen-bond acceptors (Lipinski definition) is 8. The average Bonchev–Trinajstić information content (AvgIpc) is 2.17. The van der Waals surface area contributed by atoms with E-state index in [0.717, 1.165) is 0 Å². The van der Waals surface area contributed by atoms with Gasteiger partial charge >= 0.3 is 10.4 Å². The lowest BCUT2D eigenvalue weighted by atomic mass is 10.00. The van der Waals surface area contributed by atoms with Gasteiger partial charge in [-0.2, -0.15) is 8.42 Å². The molecule has 1 heterocycles. The van der Waals surface area contributed by atoms with Crippen molar-refractivity contribution < 1.29 is 42.3 Å². The second-order valence-corrected chi connectivity index (χ2v) is 4.27. The van der Waals surface area contributed by atoms with Crippen LogP contribution in [0.5, 0.6) is 0 Å². The van der Waals surface area contributed by atoms with Gasteiger partial charge in [0.1, 0.15) is 24.4 Å². The molecule has 5 N–H and O–H groups in total. The maximum absolute atomic E-state index is 10.4. The van der Waals surface area contributed by atoms with Gasteiger partial charge in [0.25, 0.3) is 0 Å². The zero-order chi connectivity index (χ0) is 12.5. The molecule has 1 aliphatic heterocycles. The van der Waals surface area contributed by atoms with Gasteiger partial charge in [0.15, 0.2) is 0 Å². The van der Waals surface area contributed by atoms with Crippen LogP contribution in [0, 0.1) is 0 Å². The summed E-state index contributed by atoms with van der Waals surface area (Å²) in [7, 11) is -4.89. The molecule has 0 amide bonds. The highest BCUT2D eigenvalue weighted by Crippen LogP contribution is 2.22. The number of hydrogen-bond donors (Lipinski definition) is 5. The maximum Gasteiger partial charge on any atom is 0.399 e. The third-order valence-electron chi connectivity index (χ3n) is 2.06. The van der Waals surface area contributed by atoms with E-state index in [-0.39, 0.29) is 0 Å². The monoisotopic (exact) mass is 260 g/mol. The molecule has 0 spiro atoms. The minimum absolute atomic E-state index is 0.726. The molecule has 0 radical (unpaired) electrons. The van der Waals surface area contributed by atoms with Crippen LogP contribution in [0.3, 0.4) is 0 Å². The largest absolute Gasteiger partial charge is 0.399 e. The number of aliphatic hydroxyl groups is 4. The molecule has 0 bridgehead atoms. The van der Waals surface area contributed by atoms with Crippen LogP contribution in [0.4, 0.5) is 0 Å². The molecule has 0 aromatic carbocycles. The Bertz CT molecular complexity index is 325. The van der Waals surface area contributed by atoms with Crippen molar-refractivity contribution in [2.75, 3.05) is 6.61 Å². The third kappa shape index (κ3) is 3.09. The van der Waals surface area contributed by atoms with Crippen molar-refractivity contribution in [2.45, 2.75) is 30.7 Å². The molecule has 9 nitrogen and oxygen atoms in total. The first-order chi connectivity index (χ1) is 7.26. The summed E-state index contributed by atoms with van der Waals surface area (Å²) in [4.78, 5) is 0. The number of rotatable bonds is 3. The lowest BCUT2D eigenvalue weighted by Crippen LogP contribution is -2.59. The molecule has 0 aliphatic carbocycles. The van der Waals surface area contributed by atoms with E-state index >= 15 is 0 Å². The SMILES string of the molecule is O=S(=O)(O)OC1O[C@H](CO)[C@H](O)[C@H](O)[C@H]1O. The Kier molecular flexibility index (Phi) is 4.20. The Labute approximate surface area is 90.8 Å². The molecule has 16 heavy (non-hydrogen) atoms. The molecule has 1 unspecified atom stereocenters. The average molecular weight is 260 g/mol. The van der Waals surface area contributed by atoms with Crippen LogP contribution < -0.4 is 0 Å². The Hall–Kier alpha value is -0.330. The normalized spacial score (nSPS) is 40.9. The first kappa shape index (κ1) is 13.7. The molecular formula is C6H12O9S. The molecule has 1 saturated heterocycles. The first-order valence-electron chi connectivity index (χ1n) is 4.22. The second kappa shape index (κ2) is 4.89. The summed E-state index contributed by atoms with van der Waals surface area (Å²) in [5.41, 5.74) is 0. The van der Waals surface area contributed by atoms with E-state index < -0.39 is 47.7 Å². The van der Waals surface area contributed by atoms with Gasteiger partial charge in [0.05, 0.1) is 6.61 Å². The molecule has 1 rings (SSSR count). The van der Waals surface area contributed by atoms with Crippen molar-refractivity contribution in [1.29, 1.82) is 0 Å². The van der Waals surface area contributed by atoms with Gasteiger partial charge in [0, 0.05) is 0 Å². The Morgan fingerprint density at radius 3 is 2.12 bits per heavy atom. The summed E-state index contributed by atoms with van der Waals surface area (Å²) >= 11 is 0. The van der Waals surface area contributed by atoms with Crippen molar-refractivity contribution in [3.63, 3.8) is 0 Å². The smallest absolute Gasteiger partial charge is 0.394 e.